The first-order valence-corrected chi connectivity index (χ1v) is 8.58. The Hall–Kier alpha value is -1.85. The number of imidazole rings is 1. The van der Waals surface area contributed by atoms with Gasteiger partial charge in [-0.15, -0.1) is 0 Å². The first-order chi connectivity index (χ1) is 11.0. The number of fused-ring (bicyclic) bond motifs is 2. The highest BCUT2D eigenvalue weighted by Crippen LogP contribution is 2.52. The van der Waals surface area contributed by atoms with Gasteiger partial charge >= 0.3 is 5.97 Å². The standard InChI is InChI=1S/C17H25N3O3/c1-3-14-18-8-10-19(14)9-7-15(21)20-12-5-6-13(20)17(4-2,11-12)16(22)23/h8,10,12-13H,3-7,9,11H2,1-2H3,(H,22,23)/t12-,13+,17+/m0/s1. The van der Waals surface area contributed by atoms with Crippen molar-refractivity contribution in [3.8, 4) is 0 Å². The molecule has 2 aliphatic rings. The SMILES string of the molecule is CCc1nccn1CCC(=O)N1[C@H]2CC[C@@H]1[C@](CC)(C(=O)O)C2. The molecular formula is C17H25N3O3. The summed E-state index contributed by atoms with van der Waals surface area (Å²) in [6.45, 7) is 4.59. The minimum Gasteiger partial charge on any atom is -0.481 e. The van der Waals surface area contributed by atoms with Gasteiger partial charge in [-0.2, -0.15) is 0 Å². The lowest BCUT2D eigenvalue weighted by Gasteiger charge is -2.32. The number of carbonyl (C=O) groups excluding carboxylic acids is 1. The van der Waals surface area contributed by atoms with Gasteiger partial charge in [0.25, 0.3) is 0 Å². The van der Waals surface area contributed by atoms with E-state index in [1.165, 1.54) is 0 Å². The third-order valence-electron chi connectivity index (χ3n) is 5.77. The zero-order chi connectivity index (χ0) is 16.6. The Kier molecular flexibility index (Phi) is 4.17. The fraction of sp³-hybridized carbons (Fsp3) is 0.706. The fourth-order valence-corrected chi connectivity index (χ4v) is 4.52. The van der Waals surface area contributed by atoms with Crippen LogP contribution in [0, 0.1) is 5.41 Å². The van der Waals surface area contributed by atoms with Crippen LogP contribution in [0.2, 0.25) is 0 Å². The van der Waals surface area contributed by atoms with Crippen LogP contribution in [-0.4, -0.2) is 43.5 Å². The van der Waals surface area contributed by atoms with Crippen molar-refractivity contribution >= 4 is 11.9 Å². The molecule has 3 heterocycles. The highest BCUT2D eigenvalue weighted by molar-refractivity contribution is 5.82. The molecule has 1 amide bonds. The lowest BCUT2D eigenvalue weighted by Crippen LogP contribution is -2.44. The lowest BCUT2D eigenvalue weighted by atomic mass is 9.72. The van der Waals surface area contributed by atoms with E-state index in [1.807, 2.05) is 29.5 Å². The maximum atomic E-state index is 12.7. The van der Waals surface area contributed by atoms with Gasteiger partial charge < -0.3 is 14.6 Å². The van der Waals surface area contributed by atoms with Gasteiger partial charge in [-0.05, 0) is 25.7 Å². The summed E-state index contributed by atoms with van der Waals surface area (Å²) in [5.74, 6) is 0.327. The molecule has 1 aromatic rings. The van der Waals surface area contributed by atoms with Crippen molar-refractivity contribution in [1.82, 2.24) is 14.5 Å². The highest BCUT2D eigenvalue weighted by Gasteiger charge is 2.60. The lowest BCUT2D eigenvalue weighted by molar-refractivity contribution is -0.151. The third kappa shape index (κ3) is 2.44. The molecule has 3 atom stereocenters. The zero-order valence-corrected chi connectivity index (χ0v) is 13.9. The molecule has 1 aromatic heterocycles. The van der Waals surface area contributed by atoms with Crippen molar-refractivity contribution in [2.24, 2.45) is 5.41 Å². The number of amides is 1. The zero-order valence-electron chi connectivity index (χ0n) is 13.9. The number of carboxylic acids is 1. The van der Waals surface area contributed by atoms with Crippen LogP contribution < -0.4 is 0 Å². The number of rotatable bonds is 6. The van der Waals surface area contributed by atoms with Gasteiger partial charge in [-0.1, -0.05) is 13.8 Å². The van der Waals surface area contributed by atoms with Gasteiger partial charge in [0.2, 0.25) is 5.91 Å². The number of hydrogen-bond acceptors (Lipinski definition) is 3. The summed E-state index contributed by atoms with van der Waals surface area (Å²) >= 11 is 0. The minimum atomic E-state index is -0.743. The van der Waals surface area contributed by atoms with Crippen LogP contribution in [0.4, 0.5) is 0 Å². The van der Waals surface area contributed by atoms with E-state index < -0.39 is 11.4 Å². The summed E-state index contributed by atoms with van der Waals surface area (Å²) < 4.78 is 2.01. The topological polar surface area (TPSA) is 75.4 Å². The second-order valence-electron chi connectivity index (χ2n) is 6.71. The van der Waals surface area contributed by atoms with Crippen LogP contribution in [0.15, 0.2) is 12.4 Å². The predicted molar refractivity (Wildman–Crippen MR) is 84.9 cm³/mol. The van der Waals surface area contributed by atoms with Crippen molar-refractivity contribution < 1.29 is 14.7 Å². The van der Waals surface area contributed by atoms with Crippen LogP contribution in [0.3, 0.4) is 0 Å². The Morgan fingerprint density at radius 3 is 2.78 bits per heavy atom. The van der Waals surface area contributed by atoms with E-state index in [-0.39, 0.29) is 18.0 Å². The first-order valence-electron chi connectivity index (χ1n) is 8.58. The molecule has 6 heteroatoms. The number of aromatic nitrogens is 2. The van der Waals surface area contributed by atoms with Crippen molar-refractivity contribution in [2.75, 3.05) is 0 Å². The van der Waals surface area contributed by atoms with E-state index in [4.69, 9.17) is 0 Å². The third-order valence-corrected chi connectivity index (χ3v) is 5.77. The molecule has 0 aromatic carbocycles. The Bertz CT molecular complexity index is 612. The number of nitrogens with zero attached hydrogens (tertiary/aromatic N) is 3. The molecule has 2 fully saturated rings. The van der Waals surface area contributed by atoms with Crippen LogP contribution in [0.25, 0.3) is 0 Å². The summed E-state index contributed by atoms with van der Waals surface area (Å²) in [6, 6.07) is -0.0204. The van der Waals surface area contributed by atoms with Gasteiger partial charge in [0.15, 0.2) is 0 Å². The monoisotopic (exact) mass is 319 g/mol. The van der Waals surface area contributed by atoms with E-state index >= 15 is 0 Å². The van der Waals surface area contributed by atoms with Crippen molar-refractivity contribution in [1.29, 1.82) is 0 Å². The van der Waals surface area contributed by atoms with Crippen molar-refractivity contribution in [3.05, 3.63) is 18.2 Å². The van der Waals surface area contributed by atoms with E-state index in [1.54, 1.807) is 6.20 Å². The quantitative estimate of drug-likeness (QED) is 0.871. The highest BCUT2D eigenvalue weighted by atomic mass is 16.4. The average molecular weight is 319 g/mol. The summed E-state index contributed by atoms with van der Waals surface area (Å²) in [4.78, 5) is 30.7. The second-order valence-corrected chi connectivity index (χ2v) is 6.71. The Morgan fingerprint density at radius 1 is 1.39 bits per heavy atom. The molecule has 23 heavy (non-hydrogen) atoms. The summed E-state index contributed by atoms with van der Waals surface area (Å²) in [7, 11) is 0. The Morgan fingerprint density at radius 2 is 2.17 bits per heavy atom. The van der Waals surface area contributed by atoms with E-state index in [2.05, 4.69) is 4.98 Å². The summed E-state index contributed by atoms with van der Waals surface area (Å²) in [5, 5.41) is 9.68. The number of hydrogen-bond donors (Lipinski definition) is 1. The largest absolute Gasteiger partial charge is 0.481 e. The molecule has 2 saturated heterocycles. The Balaban J connectivity index is 1.70. The normalized spacial score (nSPS) is 29.2. The molecular weight excluding hydrogens is 294 g/mol. The molecule has 0 spiro atoms. The molecule has 2 bridgehead atoms. The summed E-state index contributed by atoms with van der Waals surface area (Å²) in [6.07, 6.45) is 7.88. The number of carbonyl (C=O) groups is 2. The van der Waals surface area contributed by atoms with Gasteiger partial charge in [0, 0.05) is 43.9 Å². The first kappa shape index (κ1) is 16.0. The van der Waals surface area contributed by atoms with Crippen LogP contribution in [0.5, 0.6) is 0 Å². The Labute approximate surface area is 136 Å². The van der Waals surface area contributed by atoms with Crippen LogP contribution in [0.1, 0.15) is 51.8 Å². The molecule has 0 radical (unpaired) electrons. The average Bonchev–Trinajstić information content (AvgIpc) is 3.24. The molecule has 0 unspecified atom stereocenters. The van der Waals surface area contributed by atoms with Gasteiger partial charge in [0.05, 0.1) is 5.41 Å². The number of aryl methyl sites for hydroxylation is 2. The second kappa shape index (κ2) is 5.98. The molecule has 6 nitrogen and oxygen atoms in total. The van der Waals surface area contributed by atoms with Crippen molar-refractivity contribution in [2.45, 2.75) is 71.0 Å². The molecule has 126 valence electrons. The molecule has 0 saturated carbocycles. The smallest absolute Gasteiger partial charge is 0.311 e. The van der Waals surface area contributed by atoms with Gasteiger partial charge in [-0.3, -0.25) is 9.59 Å². The fourth-order valence-electron chi connectivity index (χ4n) is 4.52. The number of carboxylic acid groups (broad SMARTS) is 1. The summed E-state index contributed by atoms with van der Waals surface area (Å²) in [5.41, 5.74) is -0.734. The maximum absolute atomic E-state index is 12.7. The van der Waals surface area contributed by atoms with E-state index in [0.29, 0.717) is 25.8 Å². The minimum absolute atomic E-state index is 0.0878. The number of aliphatic carboxylic acids is 1. The van der Waals surface area contributed by atoms with Crippen molar-refractivity contribution in [3.63, 3.8) is 0 Å². The van der Waals surface area contributed by atoms with Crippen LogP contribution >= 0.6 is 0 Å². The van der Waals surface area contributed by atoms with Gasteiger partial charge in [-0.25, -0.2) is 4.98 Å². The van der Waals surface area contributed by atoms with E-state index in [9.17, 15) is 14.7 Å². The van der Waals surface area contributed by atoms with Gasteiger partial charge in [0.1, 0.15) is 5.82 Å². The molecule has 1 N–H and O–H groups in total. The van der Waals surface area contributed by atoms with Crippen LogP contribution in [-0.2, 0) is 22.6 Å². The molecule has 0 aliphatic carbocycles. The molecule has 2 aliphatic heterocycles. The molecule has 3 rings (SSSR count). The maximum Gasteiger partial charge on any atom is 0.311 e. The van der Waals surface area contributed by atoms with E-state index in [0.717, 1.165) is 25.1 Å². The predicted octanol–water partition coefficient (Wildman–Crippen LogP) is 2.08.